The normalized spacial score (nSPS) is 26.0. The summed E-state index contributed by atoms with van der Waals surface area (Å²) in [5, 5.41) is 1.96. The van der Waals surface area contributed by atoms with Crippen molar-refractivity contribution < 1.29 is 17.6 Å². The highest BCUT2D eigenvalue weighted by molar-refractivity contribution is 7.92. The predicted octanol–water partition coefficient (Wildman–Crippen LogP) is 1.99. The van der Waals surface area contributed by atoms with Gasteiger partial charge in [0, 0.05) is 5.92 Å². The smallest absolute Gasteiger partial charge is 0.224 e. The summed E-state index contributed by atoms with van der Waals surface area (Å²) in [5.41, 5.74) is 5.25. The first kappa shape index (κ1) is 16.7. The lowest BCUT2D eigenvalue weighted by Crippen LogP contribution is -2.46. The zero-order chi connectivity index (χ0) is 16.8. The van der Waals surface area contributed by atoms with E-state index in [1.54, 1.807) is 0 Å². The Kier molecular flexibility index (Phi) is 4.14. The summed E-state index contributed by atoms with van der Waals surface area (Å²) < 4.78 is 38.4. The number of sulfone groups is 1. The van der Waals surface area contributed by atoms with Crippen molar-refractivity contribution in [3.05, 3.63) is 29.0 Å². The van der Waals surface area contributed by atoms with Gasteiger partial charge in [-0.05, 0) is 50.3 Å². The molecule has 3 rings (SSSR count). The molecular formula is C15H18ClFN2O3S. The van der Waals surface area contributed by atoms with Gasteiger partial charge in [0.05, 0.1) is 20.8 Å². The van der Waals surface area contributed by atoms with Crippen LogP contribution in [0.3, 0.4) is 0 Å². The molecule has 0 spiro atoms. The van der Waals surface area contributed by atoms with Crippen molar-refractivity contribution in [3.8, 4) is 0 Å². The van der Waals surface area contributed by atoms with Gasteiger partial charge in [-0.25, -0.2) is 12.8 Å². The molecule has 0 radical (unpaired) electrons. The molecule has 0 aromatic heterocycles. The Morgan fingerprint density at radius 3 is 2.65 bits per heavy atom. The zero-order valence-corrected chi connectivity index (χ0v) is 14.0. The number of rotatable bonds is 4. The Labute approximate surface area is 139 Å². The molecule has 0 saturated heterocycles. The maximum Gasteiger partial charge on any atom is 0.224 e. The first-order valence-corrected chi connectivity index (χ1v) is 9.44. The highest BCUT2D eigenvalue weighted by Crippen LogP contribution is 2.37. The van der Waals surface area contributed by atoms with Crippen molar-refractivity contribution in [2.24, 2.45) is 11.7 Å². The van der Waals surface area contributed by atoms with E-state index in [0.29, 0.717) is 12.8 Å². The number of hydrogen-bond acceptors (Lipinski definition) is 4. The van der Waals surface area contributed by atoms with Gasteiger partial charge >= 0.3 is 0 Å². The summed E-state index contributed by atoms with van der Waals surface area (Å²) in [4.78, 5) is 12.1. The van der Waals surface area contributed by atoms with E-state index in [2.05, 4.69) is 5.32 Å². The lowest BCUT2D eigenvalue weighted by atomic mass is 10.1. The Bertz CT molecular complexity index is 749. The molecule has 5 nitrogen and oxygen atoms in total. The van der Waals surface area contributed by atoms with Crippen LogP contribution in [0, 0.1) is 11.7 Å². The van der Waals surface area contributed by atoms with E-state index in [4.69, 9.17) is 17.3 Å². The van der Waals surface area contributed by atoms with E-state index in [1.165, 1.54) is 6.07 Å². The highest BCUT2D eigenvalue weighted by Gasteiger charge is 2.44. The second-order valence-corrected chi connectivity index (χ2v) is 9.00. The summed E-state index contributed by atoms with van der Waals surface area (Å²) in [7, 11) is -3.69. The molecule has 126 valence electrons. The number of nitrogens with two attached hydrogens (primary N) is 1. The summed E-state index contributed by atoms with van der Waals surface area (Å²) in [6.07, 6.45) is 2.60. The molecule has 2 atom stereocenters. The van der Waals surface area contributed by atoms with Gasteiger partial charge in [0.25, 0.3) is 0 Å². The summed E-state index contributed by atoms with van der Waals surface area (Å²) in [6, 6.07) is 3.24. The van der Waals surface area contributed by atoms with Gasteiger partial charge in [0.15, 0.2) is 9.84 Å². The summed E-state index contributed by atoms with van der Waals surface area (Å²) in [6.45, 7) is 0. The van der Waals surface area contributed by atoms with Crippen LogP contribution in [0.25, 0.3) is 0 Å². The number of hydrogen-bond donors (Lipinski definition) is 2. The van der Waals surface area contributed by atoms with Crippen LogP contribution in [-0.4, -0.2) is 25.2 Å². The van der Waals surface area contributed by atoms with Gasteiger partial charge in [0.2, 0.25) is 5.91 Å². The quantitative estimate of drug-likeness (QED) is 0.634. The summed E-state index contributed by atoms with van der Waals surface area (Å²) >= 11 is 5.87. The molecule has 1 aromatic carbocycles. The molecule has 8 heteroatoms. The Hall–Kier alpha value is -1.18. The highest BCUT2D eigenvalue weighted by atomic mass is 35.5. The fraction of sp³-hybridized carbons (Fsp3) is 0.533. The van der Waals surface area contributed by atoms with Gasteiger partial charge in [-0.3, -0.25) is 4.79 Å². The molecule has 3 N–H and O–H groups in total. The SMILES string of the molecule is NC1(NC(=O)[C@H]2CC[C@H](S(=O)(=O)c3ccc(F)cc3Cl)C2)CC1. The molecule has 2 aliphatic rings. The number of halogens is 2. The van der Waals surface area contributed by atoms with E-state index >= 15 is 0 Å². The molecule has 1 amide bonds. The van der Waals surface area contributed by atoms with Gasteiger partial charge in [0.1, 0.15) is 5.82 Å². The first-order chi connectivity index (χ1) is 10.7. The number of benzene rings is 1. The van der Waals surface area contributed by atoms with Crippen molar-refractivity contribution >= 4 is 27.3 Å². The molecule has 23 heavy (non-hydrogen) atoms. The second-order valence-electron chi connectivity index (χ2n) is 6.40. The minimum atomic E-state index is -3.69. The third-order valence-electron chi connectivity index (χ3n) is 4.56. The number of nitrogens with one attached hydrogen (secondary N) is 1. The Morgan fingerprint density at radius 2 is 2.04 bits per heavy atom. The van der Waals surface area contributed by atoms with Crippen molar-refractivity contribution in [2.75, 3.05) is 0 Å². The van der Waals surface area contributed by atoms with Crippen LogP contribution in [0.2, 0.25) is 5.02 Å². The number of amides is 1. The van der Waals surface area contributed by atoms with Gasteiger partial charge in [-0.15, -0.1) is 0 Å². The second kappa shape index (κ2) is 5.72. The zero-order valence-electron chi connectivity index (χ0n) is 12.4. The topological polar surface area (TPSA) is 89.3 Å². The average Bonchev–Trinajstić information content (AvgIpc) is 3.00. The Balaban J connectivity index is 1.73. The van der Waals surface area contributed by atoms with Crippen molar-refractivity contribution in [1.82, 2.24) is 5.32 Å². The maximum absolute atomic E-state index is 13.1. The Morgan fingerprint density at radius 1 is 1.35 bits per heavy atom. The maximum atomic E-state index is 13.1. The fourth-order valence-corrected chi connectivity index (χ4v) is 5.32. The molecule has 0 heterocycles. The third-order valence-corrected chi connectivity index (χ3v) is 7.26. The van der Waals surface area contributed by atoms with Crippen LogP contribution in [0.15, 0.2) is 23.1 Å². The van der Waals surface area contributed by atoms with Crippen LogP contribution < -0.4 is 11.1 Å². The monoisotopic (exact) mass is 360 g/mol. The fourth-order valence-electron chi connectivity index (χ4n) is 2.95. The van der Waals surface area contributed by atoms with Gasteiger partial charge < -0.3 is 11.1 Å². The molecule has 2 fully saturated rings. The average molecular weight is 361 g/mol. The van der Waals surface area contributed by atoms with E-state index in [1.807, 2.05) is 0 Å². The first-order valence-electron chi connectivity index (χ1n) is 7.51. The third kappa shape index (κ3) is 3.36. The van der Waals surface area contributed by atoms with Crippen LogP contribution in [0.5, 0.6) is 0 Å². The molecule has 0 bridgehead atoms. The minimum absolute atomic E-state index is 0.0795. The molecule has 0 unspecified atom stereocenters. The molecule has 2 aliphatic carbocycles. The molecular weight excluding hydrogens is 343 g/mol. The summed E-state index contributed by atoms with van der Waals surface area (Å²) in [5.74, 6) is -1.14. The van der Waals surface area contributed by atoms with Crippen LogP contribution in [0.4, 0.5) is 4.39 Å². The van der Waals surface area contributed by atoms with Crippen LogP contribution in [-0.2, 0) is 14.6 Å². The van der Waals surface area contributed by atoms with E-state index < -0.39 is 26.6 Å². The predicted molar refractivity (Wildman–Crippen MR) is 84.0 cm³/mol. The number of carbonyl (C=O) groups excluding carboxylic acids is 1. The van der Waals surface area contributed by atoms with Crippen molar-refractivity contribution in [2.45, 2.75) is 47.9 Å². The van der Waals surface area contributed by atoms with Crippen LogP contribution in [0.1, 0.15) is 32.1 Å². The van der Waals surface area contributed by atoms with Gasteiger partial charge in [-0.2, -0.15) is 0 Å². The minimum Gasteiger partial charge on any atom is -0.338 e. The molecule has 0 aliphatic heterocycles. The molecule has 2 saturated carbocycles. The lowest BCUT2D eigenvalue weighted by molar-refractivity contribution is -0.125. The largest absolute Gasteiger partial charge is 0.338 e. The lowest BCUT2D eigenvalue weighted by Gasteiger charge is -2.16. The van der Waals surface area contributed by atoms with E-state index in [9.17, 15) is 17.6 Å². The molecule has 1 aromatic rings. The van der Waals surface area contributed by atoms with E-state index in [-0.39, 0.29) is 28.2 Å². The number of carbonyl (C=O) groups is 1. The van der Waals surface area contributed by atoms with Gasteiger partial charge in [-0.1, -0.05) is 11.6 Å². The van der Waals surface area contributed by atoms with E-state index in [0.717, 1.165) is 25.0 Å². The van der Waals surface area contributed by atoms with Crippen LogP contribution >= 0.6 is 11.6 Å². The van der Waals surface area contributed by atoms with Crippen molar-refractivity contribution in [3.63, 3.8) is 0 Å². The standard InChI is InChI=1S/C15H18ClFN2O3S/c16-12-8-10(17)2-4-13(12)23(21,22)11-3-1-9(7-11)14(20)19-15(18)5-6-15/h2,4,8-9,11H,1,3,5-7,18H2,(H,19,20)/t9-,11-/m0/s1. The van der Waals surface area contributed by atoms with Crippen molar-refractivity contribution in [1.29, 1.82) is 0 Å².